The molecule has 2 saturated heterocycles. The molecule has 1 aromatic carbocycles. The lowest BCUT2D eigenvalue weighted by Gasteiger charge is -2.36. The van der Waals surface area contributed by atoms with Crippen LogP contribution in [0, 0.1) is 5.92 Å². The number of piperidine rings is 2. The van der Waals surface area contributed by atoms with Crippen LogP contribution in [-0.4, -0.2) is 62.7 Å². The van der Waals surface area contributed by atoms with E-state index in [1.807, 2.05) is 36.6 Å². The van der Waals surface area contributed by atoms with Crippen LogP contribution in [0.3, 0.4) is 0 Å². The summed E-state index contributed by atoms with van der Waals surface area (Å²) in [5, 5.41) is 4.76. The maximum atomic E-state index is 15.5. The van der Waals surface area contributed by atoms with Gasteiger partial charge in [0.25, 0.3) is 18.2 Å². The maximum Gasteiger partial charge on any atom is 0.280 e. The van der Waals surface area contributed by atoms with Gasteiger partial charge in [-0.1, -0.05) is 30.3 Å². The number of benzene rings is 1. The Hall–Kier alpha value is -4.78. The van der Waals surface area contributed by atoms with E-state index in [9.17, 15) is 23.2 Å². The fourth-order valence-corrected chi connectivity index (χ4v) is 8.02. The van der Waals surface area contributed by atoms with Gasteiger partial charge in [0, 0.05) is 43.8 Å². The fraction of sp³-hybridized carbons (Fsp3) is 0.475. The van der Waals surface area contributed by atoms with Gasteiger partial charge in [0.05, 0.1) is 17.4 Å². The molecule has 0 bridgehead atoms. The number of anilines is 1. The molecule has 2 aliphatic heterocycles. The lowest BCUT2D eigenvalue weighted by atomic mass is 9.80. The number of carbonyl (C=O) groups excluding carboxylic acids is 3. The van der Waals surface area contributed by atoms with Gasteiger partial charge in [-0.25, -0.2) is 23.1 Å². The zero-order valence-corrected chi connectivity index (χ0v) is 30.0. The number of hydrogen-bond donors (Lipinski definition) is 2. The lowest BCUT2D eigenvalue weighted by Crippen LogP contribution is -2.49. The number of hydrogen-bond acceptors (Lipinski definition) is 7. The van der Waals surface area contributed by atoms with Crippen LogP contribution in [0.5, 0.6) is 5.75 Å². The monoisotopic (exact) mass is 730 g/mol. The number of carbonyl (C=O) groups is 3. The minimum absolute atomic E-state index is 0.00582. The van der Waals surface area contributed by atoms with E-state index >= 15 is 4.39 Å². The van der Waals surface area contributed by atoms with Gasteiger partial charge >= 0.3 is 0 Å². The highest BCUT2D eigenvalue weighted by Gasteiger charge is 2.44. The number of rotatable bonds is 10. The summed E-state index contributed by atoms with van der Waals surface area (Å²) in [4.78, 5) is 48.4. The van der Waals surface area contributed by atoms with Crippen molar-refractivity contribution < 1.29 is 32.3 Å². The number of nitrogens with one attached hydrogen (secondary N) is 2. The van der Waals surface area contributed by atoms with Crippen molar-refractivity contribution in [2.24, 2.45) is 5.92 Å². The Morgan fingerprint density at radius 1 is 0.981 bits per heavy atom. The molecule has 280 valence electrons. The van der Waals surface area contributed by atoms with E-state index in [-0.39, 0.29) is 30.3 Å². The Balaban J connectivity index is 0.930. The largest absolute Gasteiger partial charge is 0.490 e. The van der Waals surface area contributed by atoms with Crippen molar-refractivity contribution in [1.82, 2.24) is 24.6 Å². The van der Waals surface area contributed by atoms with Crippen molar-refractivity contribution in [2.45, 2.75) is 95.2 Å². The van der Waals surface area contributed by atoms with E-state index in [1.165, 1.54) is 18.2 Å². The summed E-state index contributed by atoms with van der Waals surface area (Å²) in [6.45, 7) is 6.79. The van der Waals surface area contributed by atoms with Crippen LogP contribution in [0.4, 0.5) is 19.0 Å². The summed E-state index contributed by atoms with van der Waals surface area (Å²) in [6, 6.07) is 13.1. The molecule has 4 aromatic rings. The molecule has 10 nitrogen and oxygen atoms in total. The summed E-state index contributed by atoms with van der Waals surface area (Å²) < 4.78 is 49.6. The fourth-order valence-electron chi connectivity index (χ4n) is 8.02. The zero-order valence-electron chi connectivity index (χ0n) is 30.0. The van der Waals surface area contributed by atoms with E-state index in [1.54, 1.807) is 24.4 Å². The van der Waals surface area contributed by atoms with Crippen LogP contribution >= 0.6 is 0 Å². The number of imidazole rings is 1. The van der Waals surface area contributed by atoms with E-state index in [0.717, 1.165) is 69.4 Å². The topological polar surface area (TPSA) is 118 Å². The molecular formula is C40H45F3N6O4. The predicted molar refractivity (Wildman–Crippen MR) is 193 cm³/mol. The third-order valence-corrected chi connectivity index (χ3v) is 10.9. The third-order valence-electron chi connectivity index (χ3n) is 10.9. The van der Waals surface area contributed by atoms with Gasteiger partial charge < -0.3 is 19.4 Å². The first kappa shape index (κ1) is 36.6. The molecule has 1 saturated carbocycles. The summed E-state index contributed by atoms with van der Waals surface area (Å²) in [5.41, 5.74) is 0.783. The number of nitrogens with zero attached hydrogens (tertiary/aromatic N) is 4. The molecule has 1 aliphatic carbocycles. The van der Waals surface area contributed by atoms with Gasteiger partial charge in [0.1, 0.15) is 22.9 Å². The molecule has 3 amide bonds. The molecule has 0 radical (unpaired) electrons. The molecule has 0 spiro atoms. The number of alkyl halides is 3. The van der Waals surface area contributed by atoms with Crippen molar-refractivity contribution in [3.05, 3.63) is 89.0 Å². The number of ether oxygens (including phenoxy) is 1. The number of halogens is 3. The number of pyridine rings is 2. The van der Waals surface area contributed by atoms with Gasteiger partial charge in [-0.2, -0.15) is 0 Å². The molecule has 1 atom stereocenters. The second-order valence-corrected chi connectivity index (χ2v) is 14.9. The first-order chi connectivity index (χ1) is 25.4. The average Bonchev–Trinajstić information content (AvgIpc) is 3.56. The van der Waals surface area contributed by atoms with Crippen LogP contribution in [0.2, 0.25) is 0 Å². The highest BCUT2D eigenvalue weighted by atomic mass is 19.3. The number of fused-ring (bicyclic) bond motifs is 1. The van der Waals surface area contributed by atoms with Crippen molar-refractivity contribution in [2.75, 3.05) is 25.0 Å². The summed E-state index contributed by atoms with van der Waals surface area (Å²) in [7, 11) is 0. The molecule has 3 fully saturated rings. The van der Waals surface area contributed by atoms with Gasteiger partial charge in [-0.3, -0.25) is 19.7 Å². The Morgan fingerprint density at radius 2 is 1.72 bits per heavy atom. The van der Waals surface area contributed by atoms with E-state index < -0.39 is 35.5 Å². The Kier molecular flexibility index (Phi) is 10.6. The first-order valence-electron chi connectivity index (χ1n) is 18.6. The van der Waals surface area contributed by atoms with Crippen molar-refractivity contribution in [1.29, 1.82) is 0 Å². The second kappa shape index (κ2) is 15.3. The number of imide groups is 1. The number of amides is 3. The summed E-state index contributed by atoms with van der Waals surface area (Å²) in [6.07, 6.45) is 6.85. The first-order valence-corrected chi connectivity index (χ1v) is 18.6. The number of aromatic nitrogens is 3. The molecule has 3 aliphatic rings. The second-order valence-electron chi connectivity index (χ2n) is 14.9. The van der Waals surface area contributed by atoms with Crippen LogP contribution < -0.4 is 15.4 Å². The van der Waals surface area contributed by atoms with Crippen molar-refractivity contribution >= 4 is 29.2 Å². The molecule has 5 heterocycles. The molecule has 53 heavy (non-hydrogen) atoms. The molecule has 13 heteroatoms. The van der Waals surface area contributed by atoms with Crippen molar-refractivity contribution in [3.8, 4) is 5.75 Å². The van der Waals surface area contributed by atoms with Gasteiger partial charge in [-0.15, -0.1) is 0 Å². The van der Waals surface area contributed by atoms with E-state index in [0.29, 0.717) is 34.7 Å². The predicted octanol–water partition coefficient (Wildman–Crippen LogP) is 7.46. The zero-order chi connectivity index (χ0) is 37.3. The highest BCUT2D eigenvalue weighted by Crippen LogP contribution is 2.39. The SMILES string of the molecule is CC(C)Oc1cc2nc(C3CCC(CN4CCC(c5ccc(C6(F)CCC(=O)NC6=O)cc5)CC4)CC3)cn2cc1C(=O)Nc1cccc(C(F)F)n1. The standard InChI is InChI=1S/C40H45F3N6O4/c1-24(2)53-33-20-35-45-32(23-49(35)22-30(33)38(51)46-34-5-3-4-31(44-34)37(41)42)28-8-6-25(7-9-28)21-48-18-15-27(16-19-48)26-10-12-29(13-11-26)40(43)17-14-36(50)47-39(40)52/h3-5,10-13,20,22-25,27-28,37H,6-9,14-19,21H2,1-2H3,(H,44,46,51)(H,47,50,52). The van der Waals surface area contributed by atoms with Crippen molar-refractivity contribution in [3.63, 3.8) is 0 Å². The molecular weight excluding hydrogens is 685 g/mol. The third kappa shape index (κ3) is 8.09. The smallest absolute Gasteiger partial charge is 0.280 e. The molecule has 7 rings (SSSR count). The average molecular weight is 731 g/mol. The molecule has 3 aromatic heterocycles. The number of likely N-dealkylation sites (tertiary alicyclic amines) is 1. The minimum atomic E-state index is -2.75. The summed E-state index contributed by atoms with van der Waals surface area (Å²) >= 11 is 0. The van der Waals surface area contributed by atoms with Gasteiger partial charge in [0.2, 0.25) is 11.6 Å². The van der Waals surface area contributed by atoms with Gasteiger partial charge in [0.15, 0.2) is 0 Å². The summed E-state index contributed by atoms with van der Waals surface area (Å²) in [5.74, 6) is -0.138. The van der Waals surface area contributed by atoms with E-state index in [4.69, 9.17) is 9.72 Å². The Morgan fingerprint density at radius 3 is 2.40 bits per heavy atom. The normalized spacial score (nSPS) is 23.1. The van der Waals surface area contributed by atoms with Crippen LogP contribution in [0.25, 0.3) is 5.65 Å². The molecule has 2 N–H and O–H groups in total. The Bertz CT molecular complexity index is 1970. The minimum Gasteiger partial charge on any atom is -0.490 e. The quantitative estimate of drug-likeness (QED) is 0.163. The lowest BCUT2D eigenvalue weighted by molar-refractivity contribution is -0.144. The van der Waals surface area contributed by atoms with Crippen LogP contribution in [0.1, 0.15) is 116 Å². The maximum absolute atomic E-state index is 15.5. The highest BCUT2D eigenvalue weighted by molar-refractivity contribution is 6.06. The van der Waals surface area contributed by atoms with E-state index in [2.05, 4.69) is 20.5 Å². The van der Waals surface area contributed by atoms with Crippen LogP contribution in [-0.2, 0) is 15.3 Å². The Labute approximate surface area is 306 Å². The van der Waals surface area contributed by atoms with Gasteiger partial charge in [-0.05, 0) is 101 Å². The molecule has 1 unspecified atom stereocenters. The van der Waals surface area contributed by atoms with Crippen LogP contribution in [0.15, 0.2) is 60.9 Å².